The maximum absolute atomic E-state index is 13.2. The summed E-state index contributed by atoms with van der Waals surface area (Å²) >= 11 is 0. The van der Waals surface area contributed by atoms with Gasteiger partial charge in [-0.05, 0) is 44.1 Å². The number of benzene rings is 1. The van der Waals surface area contributed by atoms with Crippen molar-refractivity contribution in [3.63, 3.8) is 0 Å². The van der Waals surface area contributed by atoms with Crippen molar-refractivity contribution < 1.29 is 24.2 Å². The topological polar surface area (TPSA) is 105 Å². The molecule has 0 unspecified atom stereocenters. The summed E-state index contributed by atoms with van der Waals surface area (Å²) in [6, 6.07) is 8.78. The first-order valence-corrected chi connectivity index (χ1v) is 12.6. The molecule has 1 aliphatic rings. The molecule has 0 saturated heterocycles. The van der Waals surface area contributed by atoms with Gasteiger partial charge in [0.15, 0.2) is 0 Å². The summed E-state index contributed by atoms with van der Waals surface area (Å²) in [5.41, 5.74) is 0.228. The van der Waals surface area contributed by atoms with Crippen LogP contribution >= 0.6 is 0 Å². The highest BCUT2D eigenvalue weighted by Crippen LogP contribution is 2.29. The third kappa shape index (κ3) is 9.68. The Balaban J connectivity index is 2.00. The normalized spacial score (nSPS) is 16.0. The minimum atomic E-state index is -0.620. The number of amides is 2. The van der Waals surface area contributed by atoms with Crippen LogP contribution in [0, 0.1) is 5.92 Å². The number of allylic oxidation sites excluding steroid dienone is 2. The molecule has 1 fully saturated rings. The number of carbonyl (C=O) groups excluding carboxylic acids is 3. The Morgan fingerprint density at radius 1 is 1.09 bits per heavy atom. The maximum Gasteiger partial charge on any atom is 0.305 e. The number of esters is 1. The van der Waals surface area contributed by atoms with Crippen molar-refractivity contribution in [3.05, 3.63) is 61.2 Å². The van der Waals surface area contributed by atoms with E-state index in [4.69, 9.17) is 4.74 Å². The third-order valence-electron chi connectivity index (χ3n) is 6.49. The average molecular weight is 485 g/mol. The van der Waals surface area contributed by atoms with Gasteiger partial charge in [-0.2, -0.15) is 0 Å². The molecule has 0 bridgehead atoms. The smallest absolute Gasteiger partial charge is 0.305 e. The number of rotatable bonds is 16. The lowest BCUT2D eigenvalue weighted by molar-refractivity contribution is -0.145. The van der Waals surface area contributed by atoms with Crippen LogP contribution in [0.25, 0.3) is 0 Å². The minimum Gasteiger partial charge on any atom is -0.463 e. The first kappa shape index (κ1) is 28.3. The van der Waals surface area contributed by atoms with Crippen LogP contribution in [0.4, 0.5) is 0 Å². The van der Waals surface area contributed by atoms with Gasteiger partial charge in [-0.25, -0.2) is 0 Å². The molecule has 1 aromatic rings. The summed E-state index contributed by atoms with van der Waals surface area (Å²) in [6.07, 6.45) is 9.93. The number of hydrogen-bond acceptors (Lipinski definition) is 5. The molecule has 192 valence electrons. The second-order valence-electron chi connectivity index (χ2n) is 9.31. The zero-order valence-electron chi connectivity index (χ0n) is 20.7. The van der Waals surface area contributed by atoms with E-state index in [1.165, 1.54) is 0 Å². The van der Waals surface area contributed by atoms with Crippen LogP contribution in [-0.2, 0) is 19.1 Å². The standard InChI is InChI=1S/C28H40N2O5/c1-3-5-6-10-16-26(33)35-20-24(22-14-8-7-9-15-22)29-27(34)23(13-4-2)19-25(32)30-28(21-31)17-11-12-18-28/h3-4,7-9,14-15,23-24,31H,1-2,5-6,10-13,16-21H2,(H,29,34)(H,30,32)/t23-,24-/m1/s1. The summed E-state index contributed by atoms with van der Waals surface area (Å²) in [6.45, 7) is 7.32. The van der Waals surface area contributed by atoms with Gasteiger partial charge in [0, 0.05) is 12.8 Å². The van der Waals surface area contributed by atoms with E-state index < -0.39 is 17.5 Å². The molecule has 7 nitrogen and oxygen atoms in total. The molecule has 0 heterocycles. The first-order valence-electron chi connectivity index (χ1n) is 12.6. The predicted molar refractivity (Wildman–Crippen MR) is 136 cm³/mol. The van der Waals surface area contributed by atoms with Crippen LogP contribution in [0.15, 0.2) is 55.6 Å². The molecule has 7 heteroatoms. The van der Waals surface area contributed by atoms with E-state index >= 15 is 0 Å². The SMILES string of the molecule is C=CCCCCC(=O)OC[C@@H](NC(=O)[C@H](CC=C)CC(=O)NC1(CO)CCCC1)c1ccccc1. The van der Waals surface area contributed by atoms with E-state index in [2.05, 4.69) is 23.8 Å². The quantitative estimate of drug-likeness (QED) is 0.186. The van der Waals surface area contributed by atoms with Gasteiger partial charge in [0.05, 0.1) is 24.1 Å². The van der Waals surface area contributed by atoms with Crippen molar-refractivity contribution in [1.82, 2.24) is 10.6 Å². The second kappa shape index (κ2) is 15.1. The van der Waals surface area contributed by atoms with Crippen molar-refractivity contribution in [2.24, 2.45) is 5.92 Å². The summed E-state index contributed by atoms with van der Waals surface area (Å²) in [7, 11) is 0. The van der Waals surface area contributed by atoms with Gasteiger partial charge in [-0.15, -0.1) is 13.2 Å². The van der Waals surface area contributed by atoms with E-state index in [1.807, 2.05) is 36.4 Å². The fourth-order valence-corrected chi connectivity index (χ4v) is 4.43. The number of hydrogen-bond donors (Lipinski definition) is 3. The average Bonchev–Trinajstić information content (AvgIpc) is 3.33. The Morgan fingerprint density at radius 2 is 1.80 bits per heavy atom. The highest BCUT2D eigenvalue weighted by atomic mass is 16.5. The number of aliphatic hydroxyl groups excluding tert-OH is 1. The number of nitrogens with one attached hydrogen (secondary N) is 2. The summed E-state index contributed by atoms with van der Waals surface area (Å²) < 4.78 is 5.47. The lowest BCUT2D eigenvalue weighted by Gasteiger charge is -2.29. The molecule has 1 saturated carbocycles. The molecule has 35 heavy (non-hydrogen) atoms. The van der Waals surface area contributed by atoms with Gasteiger partial charge in [0.1, 0.15) is 6.61 Å². The summed E-state index contributed by atoms with van der Waals surface area (Å²) in [5, 5.41) is 15.7. The molecule has 2 atom stereocenters. The predicted octanol–water partition coefficient (Wildman–Crippen LogP) is 4.14. The van der Waals surface area contributed by atoms with Gasteiger partial charge >= 0.3 is 5.97 Å². The zero-order chi connectivity index (χ0) is 25.5. The molecule has 1 aliphatic carbocycles. The van der Waals surface area contributed by atoms with Crippen molar-refractivity contribution in [2.45, 2.75) is 75.8 Å². The molecule has 1 aromatic carbocycles. The number of carbonyl (C=O) groups is 3. The van der Waals surface area contributed by atoms with Crippen molar-refractivity contribution in [1.29, 1.82) is 0 Å². The van der Waals surface area contributed by atoms with Crippen LogP contribution in [0.1, 0.15) is 75.8 Å². The highest BCUT2D eigenvalue weighted by molar-refractivity contribution is 5.86. The van der Waals surface area contributed by atoms with Gasteiger partial charge in [-0.3, -0.25) is 14.4 Å². The summed E-state index contributed by atoms with van der Waals surface area (Å²) in [4.78, 5) is 38.1. The lowest BCUT2D eigenvalue weighted by atomic mass is 9.95. The molecule has 0 spiro atoms. The van der Waals surface area contributed by atoms with E-state index in [0.29, 0.717) is 12.8 Å². The Hall–Kier alpha value is -2.93. The van der Waals surface area contributed by atoms with Crippen LogP contribution < -0.4 is 10.6 Å². The minimum absolute atomic E-state index is 0.00972. The monoisotopic (exact) mass is 484 g/mol. The van der Waals surface area contributed by atoms with Crippen molar-refractivity contribution in [2.75, 3.05) is 13.2 Å². The molecule has 3 N–H and O–H groups in total. The van der Waals surface area contributed by atoms with Crippen LogP contribution in [-0.4, -0.2) is 41.6 Å². The van der Waals surface area contributed by atoms with Gasteiger partial charge in [0.25, 0.3) is 0 Å². The van der Waals surface area contributed by atoms with E-state index in [-0.39, 0.29) is 37.4 Å². The van der Waals surface area contributed by atoms with E-state index in [0.717, 1.165) is 50.5 Å². The number of ether oxygens (including phenoxy) is 1. The molecular formula is C28H40N2O5. The van der Waals surface area contributed by atoms with Gasteiger partial charge in [0.2, 0.25) is 11.8 Å². The van der Waals surface area contributed by atoms with Crippen molar-refractivity contribution in [3.8, 4) is 0 Å². The first-order chi connectivity index (χ1) is 16.9. The van der Waals surface area contributed by atoms with Crippen LogP contribution in [0.2, 0.25) is 0 Å². The Bertz CT molecular complexity index is 833. The Kier molecular flexibility index (Phi) is 12.2. The van der Waals surface area contributed by atoms with Crippen LogP contribution in [0.5, 0.6) is 0 Å². The number of unbranched alkanes of at least 4 members (excludes halogenated alkanes) is 2. The molecule has 0 aromatic heterocycles. The molecule has 2 amide bonds. The Morgan fingerprint density at radius 3 is 2.43 bits per heavy atom. The summed E-state index contributed by atoms with van der Waals surface area (Å²) in [5.74, 6) is -1.49. The Labute approximate surface area is 209 Å². The third-order valence-corrected chi connectivity index (χ3v) is 6.49. The fourth-order valence-electron chi connectivity index (χ4n) is 4.43. The highest BCUT2D eigenvalue weighted by Gasteiger charge is 2.35. The molecule has 0 radical (unpaired) electrons. The maximum atomic E-state index is 13.2. The number of aliphatic hydroxyl groups is 1. The van der Waals surface area contributed by atoms with Gasteiger partial charge in [-0.1, -0.05) is 55.3 Å². The zero-order valence-corrected chi connectivity index (χ0v) is 20.7. The van der Waals surface area contributed by atoms with Crippen LogP contribution in [0.3, 0.4) is 0 Å². The molecule has 0 aliphatic heterocycles. The molecule has 2 rings (SSSR count). The fraction of sp³-hybridized carbons (Fsp3) is 0.536. The molecular weight excluding hydrogens is 444 g/mol. The second-order valence-corrected chi connectivity index (χ2v) is 9.31. The van der Waals surface area contributed by atoms with Crippen molar-refractivity contribution >= 4 is 17.8 Å². The lowest BCUT2D eigenvalue weighted by Crippen LogP contribution is -2.50. The van der Waals surface area contributed by atoms with E-state index in [1.54, 1.807) is 6.08 Å². The largest absolute Gasteiger partial charge is 0.463 e. The van der Waals surface area contributed by atoms with Gasteiger partial charge < -0.3 is 20.5 Å². The van der Waals surface area contributed by atoms with E-state index in [9.17, 15) is 19.5 Å².